The Hall–Kier alpha value is 1.10. The van der Waals surface area contributed by atoms with Gasteiger partial charge in [-0.15, -0.1) is 6.42 Å². The monoisotopic (exact) mass is 267 g/mol. The molecule has 2 unspecified atom stereocenters. The summed E-state index contributed by atoms with van der Waals surface area (Å²) in [6, 6.07) is 0. The van der Waals surface area contributed by atoms with Crippen molar-refractivity contribution in [1.29, 1.82) is 0 Å². The minimum Gasteiger partial charge on any atom is -0.326 e. The van der Waals surface area contributed by atoms with Crippen molar-refractivity contribution in [2.45, 2.75) is 57.8 Å². The molecule has 2 atom stereocenters. The first-order chi connectivity index (χ1) is 6.45. The minimum atomic E-state index is 0. The van der Waals surface area contributed by atoms with E-state index < -0.39 is 0 Å². The van der Waals surface area contributed by atoms with Gasteiger partial charge in [-0.25, -0.2) is 0 Å². The summed E-state index contributed by atoms with van der Waals surface area (Å²) in [5.74, 6) is 1.93. The summed E-state index contributed by atoms with van der Waals surface area (Å²) in [5, 5.41) is 0. The van der Waals surface area contributed by atoms with Crippen molar-refractivity contribution < 1.29 is 32.7 Å². The molecule has 2 aliphatic rings. The van der Waals surface area contributed by atoms with Gasteiger partial charge in [-0.2, -0.15) is 24.7 Å². The third-order valence-electron chi connectivity index (χ3n) is 3.66. The Labute approximate surface area is 114 Å². The van der Waals surface area contributed by atoms with Crippen LogP contribution in [-0.2, 0) is 32.7 Å². The molecule has 1 heteroatoms. The summed E-state index contributed by atoms with van der Waals surface area (Å²) in [5.41, 5.74) is 0. The summed E-state index contributed by atoms with van der Waals surface area (Å²) in [6.45, 7) is 0. The molecule has 0 aromatic carbocycles. The quantitative estimate of drug-likeness (QED) is 0.659. The van der Waals surface area contributed by atoms with Crippen LogP contribution in [0.5, 0.6) is 0 Å². The molecule has 0 aliphatic heterocycles. The van der Waals surface area contributed by atoms with Gasteiger partial charge in [-0.1, -0.05) is 38.5 Å². The van der Waals surface area contributed by atoms with Gasteiger partial charge >= 0.3 is 0 Å². The van der Waals surface area contributed by atoms with Gasteiger partial charge in [0, 0.05) is 32.7 Å². The maximum Gasteiger partial charge on any atom is 0 e. The van der Waals surface area contributed by atoms with Gasteiger partial charge in [0.25, 0.3) is 0 Å². The molecule has 0 spiro atoms. The zero-order chi connectivity index (χ0) is 8.93. The largest absolute Gasteiger partial charge is 0.326 e. The third-order valence-corrected chi connectivity index (χ3v) is 3.66. The van der Waals surface area contributed by atoms with Crippen LogP contribution in [0.4, 0.5) is 0 Å². The summed E-state index contributed by atoms with van der Waals surface area (Å²) < 4.78 is 0. The van der Waals surface area contributed by atoms with Crippen molar-refractivity contribution >= 4 is 0 Å². The molecule has 0 heterocycles. The van der Waals surface area contributed by atoms with Crippen LogP contribution in [0.3, 0.4) is 0 Å². The molecule has 2 aliphatic carbocycles. The van der Waals surface area contributed by atoms with E-state index in [0.29, 0.717) is 0 Å². The van der Waals surface area contributed by atoms with Crippen LogP contribution in [0.1, 0.15) is 57.8 Å². The van der Waals surface area contributed by atoms with Gasteiger partial charge < -0.3 is 12.8 Å². The molecule has 79 valence electrons. The first kappa shape index (κ1) is 13.2. The average molecular weight is 267 g/mol. The van der Waals surface area contributed by atoms with Crippen LogP contribution in [0.25, 0.3) is 0 Å². The summed E-state index contributed by atoms with van der Waals surface area (Å²) in [6.07, 6.45) is 18.2. The van der Waals surface area contributed by atoms with Crippen molar-refractivity contribution in [3.8, 4) is 0 Å². The van der Waals surface area contributed by atoms with Crippen molar-refractivity contribution in [3.05, 3.63) is 12.8 Å². The fourth-order valence-electron chi connectivity index (χ4n) is 2.86. The summed E-state index contributed by atoms with van der Waals surface area (Å²) in [7, 11) is 0. The van der Waals surface area contributed by atoms with Gasteiger partial charge in [-0.05, 0) is 0 Å². The Morgan fingerprint density at radius 2 is 1.29 bits per heavy atom. The molecule has 0 N–H and O–H groups in total. The molecule has 2 fully saturated rings. The molecule has 0 bridgehead atoms. The predicted molar refractivity (Wildman–Crippen MR) is 57.1 cm³/mol. The maximum absolute atomic E-state index is 2.59. The first-order valence-corrected chi connectivity index (χ1v) is 6.12. The maximum atomic E-state index is 2.59. The molecule has 0 nitrogen and oxygen atoms in total. The molecule has 2 rings (SSSR count). The van der Waals surface area contributed by atoms with E-state index >= 15 is 0 Å². The smallest absolute Gasteiger partial charge is 0 e. The van der Waals surface area contributed by atoms with Crippen molar-refractivity contribution in [2.24, 2.45) is 11.8 Å². The fraction of sp³-hybridized carbons (Fsp3) is 0.846. The molecular formula is C13H22Y-2. The van der Waals surface area contributed by atoms with Crippen LogP contribution in [0.2, 0.25) is 0 Å². The molecule has 0 amide bonds. The average Bonchev–Trinajstić information content (AvgIpc) is 2.21. The normalized spacial score (nSPS) is 33.4. The predicted octanol–water partition coefficient (Wildman–Crippen LogP) is 4.16. The van der Waals surface area contributed by atoms with Crippen LogP contribution in [0.15, 0.2) is 0 Å². The van der Waals surface area contributed by atoms with E-state index in [0.717, 1.165) is 11.8 Å². The molecule has 2 saturated carbocycles. The van der Waals surface area contributed by atoms with E-state index in [1.165, 1.54) is 57.8 Å². The second kappa shape index (κ2) is 7.39. The fourth-order valence-corrected chi connectivity index (χ4v) is 2.86. The second-order valence-electron chi connectivity index (χ2n) is 4.80. The van der Waals surface area contributed by atoms with E-state index in [9.17, 15) is 0 Å². The Morgan fingerprint density at radius 3 is 1.64 bits per heavy atom. The Morgan fingerprint density at radius 1 is 0.786 bits per heavy atom. The molecule has 1 radical (unpaired) electrons. The molecule has 0 aromatic rings. The Bertz CT molecular complexity index is 116. The van der Waals surface area contributed by atoms with E-state index in [4.69, 9.17) is 0 Å². The van der Waals surface area contributed by atoms with Crippen molar-refractivity contribution in [2.75, 3.05) is 0 Å². The minimum absolute atomic E-state index is 0. The van der Waals surface area contributed by atoms with E-state index in [1.807, 2.05) is 0 Å². The summed E-state index contributed by atoms with van der Waals surface area (Å²) >= 11 is 0. The van der Waals surface area contributed by atoms with E-state index in [-0.39, 0.29) is 32.7 Å². The van der Waals surface area contributed by atoms with Crippen molar-refractivity contribution in [1.82, 2.24) is 0 Å². The number of rotatable bonds is 2. The molecule has 14 heavy (non-hydrogen) atoms. The van der Waals surface area contributed by atoms with Crippen LogP contribution >= 0.6 is 0 Å². The van der Waals surface area contributed by atoms with Crippen molar-refractivity contribution in [3.63, 3.8) is 0 Å². The van der Waals surface area contributed by atoms with Gasteiger partial charge in [0.15, 0.2) is 0 Å². The molecule has 0 aromatic heterocycles. The Balaban J connectivity index is 0.000000980. The second-order valence-corrected chi connectivity index (χ2v) is 4.80. The SMILES string of the molecule is [CH-]1CCCCC1CC1[CH-]CCCC1.[Y]. The first-order valence-electron chi connectivity index (χ1n) is 6.12. The van der Waals surface area contributed by atoms with Crippen LogP contribution in [-0.4, -0.2) is 0 Å². The van der Waals surface area contributed by atoms with E-state index in [1.54, 1.807) is 0 Å². The zero-order valence-electron chi connectivity index (χ0n) is 9.25. The zero-order valence-corrected chi connectivity index (χ0v) is 12.1. The van der Waals surface area contributed by atoms with Gasteiger partial charge in [-0.3, -0.25) is 0 Å². The summed E-state index contributed by atoms with van der Waals surface area (Å²) in [4.78, 5) is 0. The third kappa shape index (κ3) is 4.31. The van der Waals surface area contributed by atoms with E-state index in [2.05, 4.69) is 12.8 Å². The molecular weight excluding hydrogens is 245 g/mol. The number of hydrogen-bond donors (Lipinski definition) is 0. The van der Waals surface area contributed by atoms with Gasteiger partial charge in [0.1, 0.15) is 0 Å². The van der Waals surface area contributed by atoms with Gasteiger partial charge in [0.05, 0.1) is 0 Å². The Kier molecular flexibility index (Phi) is 6.95. The number of hydrogen-bond acceptors (Lipinski definition) is 0. The van der Waals surface area contributed by atoms with Crippen LogP contribution < -0.4 is 0 Å². The van der Waals surface area contributed by atoms with Crippen LogP contribution in [0, 0.1) is 24.7 Å². The van der Waals surface area contributed by atoms with Gasteiger partial charge in [0.2, 0.25) is 0 Å². The topological polar surface area (TPSA) is 0 Å². The standard InChI is InChI=1S/C13H22.Y/c1-3-7-12(8-4-1)11-13-9-5-2-6-10-13;/h7,9,12-13H,1-6,8,10-11H2;/q-2;. The molecule has 0 saturated heterocycles.